The number of hydrogen-bond donors (Lipinski definition) is 0. The summed E-state index contributed by atoms with van der Waals surface area (Å²) in [4.78, 5) is 38.4. The minimum atomic E-state index is -0.858. The van der Waals surface area contributed by atoms with Crippen molar-refractivity contribution in [3.8, 4) is 0 Å². The van der Waals surface area contributed by atoms with Gasteiger partial charge in [-0.1, -0.05) is 78.6 Å². The summed E-state index contributed by atoms with van der Waals surface area (Å²) in [6.07, 6.45) is 8.73. The number of carbonyl (C=O) groups is 3. The Kier molecular flexibility index (Phi) is 28.1. The second-order valence-corrected chi connectivity index (χ2v) is 10.4. The highest BCUT2D eigenvalue weighted by molar-refractivity contribution is 9.09. The average molecular weight is 687 g/mol. The van der Waals surface area contributed by atoms with E-state index in [4.69, 9.17) is 14.2 Å². The van der Waals surface area contributed by atoms with Crippen LogP contribution >= 0.6 is 31.9 Å². The van der Waals surface area contributed by atoms with Crippen molar-refractivity contribution in [1.29, 1.82) is 0 Å². The summed E-state index contributed by atoms with van der Waals surface area (Å²) in [5.41, 5.74) is -0.858. The summed E-state index contributed by atoms with van der Waals surface area (Å²) >= 11 is 6.65. The largest absolute Gasteiger partial charge is 0.371 e. The van der Waals surface area contributed by atoms with Gasteiger partial charge in [0.05, 0.1) is 6.61 Å². The molecule has 0 aliphatic heterocycles. The van der Waals surface area contributed by atoms with Crippen LogP contribution in [0.1, 0.15) is 67.7 Å². The number of amides is 3. The lowest BCUT2D eigenvalue weighted by Gasteiger charge is -2.39. The third kappa shape index (κ3) is 16.1. The number of alkyl halides is 2. The molecule has 0 N–H and O–H groups in total. The Labute approximate surface area is 255 Å². The molecule has 4 atom stereocenters. The van der Waals surface area contributed by atoms with E-state index in [0.29, 0.717) is 19.4 Å². The van der Waals surface area contributed by atoms with Crippen LogP contribution in [0.3, 0.4) is 0 Å². The second kappa shape index (κ2) is 25.9. The third-order valence-electron chi connectivity index (χ3n) is 6.43. The molecule has 0 bridgehead atoms. The first kappa shape index (κ1) is 42.4. The van der Waals surface area contributed by atoms with E-state index in [1.165, 1.54) is 4.90 Å². The molecule has 0 aliphatic carbocycles. The van der Waals surface area contributed by atoms with E-state index in [9.17, 15) is 14.4 Å². The van der Waals surface area contributed by atoms with Gasteiger partial charge in [-0.25, -0.2) is 0 Å². The first-order valence-corrected chi connectivity index (χ1v) is 15.5. The first-order chi connectivity index (χ1) is 18.1. The maximum atomic E-state index is 12.7. The summed E-state index contributed by atoms with van der Waals surface area (Å²) in [5, 5.41) is 1.68. The Hall–Kier alpha value is -1.07. The van der Waals surface area contributed by atoms with Crippen LogP contribution in [0.5, 0.6) is 0 Å². The molecule has 10 heteroatoms. The molecule has 0 saturated carbocycles. The van der Waals surface area contributed by atoms with Gasteiger partial charge in [0.25, 0.3) is 0 Å². The third-order valence-corrected chi connectivity index (χ3v) is 7.55. The Balaban J connectivity index is -0.000000839. The van der Waals surface area contributed by atoms with Crippen molar-refractivity contribution in [3.63, 3.8) is 0 Å². The molecular weight excluding hydrogens is 632 g/mol. The molecule has 0 aromatic rings. The lowest BCUT2D eigenvalue weighted by molar-refractivity contribution is -0.178. The van der Waals surface area contributed by atoms with E-state index in [1.807, 2.05) is 25.7 Å². The molecule has 0 heterocycles. The van der Waals surface area contributed by atoms with E-state index in [0.717, 1.165) is 43.0 Å². The van der Waals surface area contributed by atoms with Crippen molar-refractivity contribution in [2.75, 3.05) is 51.1 Å². The normalized spacial score (nSPS) is 14.6. The molecule has 0 spiro atoms. The highest BCUT2D eigenvalue weighted by Crippen LogP contribution is 2.31. The second-order valence-electron chi connectivity index (χ2n) is 8.85. The quantitative estimate of drug-likeness (QED) is 0.0498. The Morgan fingerprint density at radius 3 is 2.08 bits per heavy atom. The zero-order chi connectivity index (χ0) is 29.6. The molecule has 0 radical (unpaired) electrons. The van der Waals surface area contributed by atoms with Gasteiger partial charge in [0, 0.05) is 56.3 Å². The van der Waals surface area contributed by atoms with Crippen LogP contribution in [-0.4, -0.2) is 91.0 Å². The molecule has 0 aromatic carbocycles. The molecule has 8 nitrogen and oxygen atoms in total. The highest BCUT2D eigenvalue weighted by atomic mass is 79.9. The highest BCUT2D eigenvalue weighted by Gasteiger charge is 2.41. The van der Waals surface area contributed by atoms with Crippen molar-refractivity contribution in [1.82, 2.24) is 9.80 Å². The van der Waals surface area contributed by atoms with Crippen LogP contribution in [0.4, 0.5) is 0 Å². The number of nitrogens with zero attached hydrogens (tertiary/aromatic N) is 2. The van der Waals surface area contributed by atoms with Gasteiger partial charge in [0.1, 0.15) is 5.60 Å². The fourth-order valence-corrected chi connectivity index (χ4v) is 4.20. The van der Waals surface area contributed by atoms with Gasteiger partial charge in [0.2, 0.25) is 18.2 Å². The number of likely N-dealkylation sites (N-methyl/N-ethyl adjacent to an activating group) is 1. The summed E-state index contributed by atoms with van der Waals surface area (Å²) in [6, 6.07) is 0. The minimum Gasteiger partial charge on any atom is -0.371 e. The zero-order valence-electron chi connectivity index (χ0n) is 24.4. The molecule has 230 valence electrons. The van der Waals surface area contributed by atoms with Gasteiger partial charge in [-0.15, -0.1) is 6.58 Å². The van der Waals surface area contributed by atoms with E-state index in [-0.39, 0.29) is 38.1 Å². The van der Waals surface area contributed by atoms with Gasteiger partial charge in [-0.05, 0) is 39.2 Å². The fourth-order valence-electron chi connectivity index (χ4n) is 3.70. The molecule has 0 aromatic heterocycles. The van der Waals surface area contributed by atoms with E-state index in [1.54, 1.807) is 39.4 Å². The average Bonchev–Trinajstić information content (AvgIpc) is 2.93. The van der Waals surface area contributed by atoms with Gasteiger partial charge >= 0.3 is 0 Å². The smallest absolute Gasteiger partial charge is 0.246 e. The predicted molar refractivity (Wildman–Crippen MR) is 168 cm³/mol. The monoisotopic (exact) mass is 684 g/mol. The first-order valence-electron chi connectivity index (χ1n) is 13.3. The summed E-state index contributed by atoms with van der Waals surface area (Å²) in [5.74, 6) is -0.804. The number of methoxy groups -OCH3 is 2. The van der Waals surface area contributed by atoms with Crippen molar-refractivity contribution < 1.29 is 28.6 Å². The van der Waals surface area contributed by atoms with E-state index >= 15 is 0 Å². The molecule has 4 unspecified atom stereocenters. The standard InChI is InChI=1S/C19H34BrNO5.C9H16BrNO.CH4/c1-7-10-17(24-5)26-13-19(8-2,25-6)16(4)15(3)18(23)21(14-22)12-9-11-20;1-3-6-9(12)11(4-2)8-5-7-10;/h8,14-17H,2,7,9-13H2,1,3-6H3;3,6H,4-5,7-8H2,1-2H3;1H4/b;6-3-;. The summed E-state index contributed by atoms with van der Waals surface area (Å²) in [7, 11) is 3.17. The Morgan fingerprint density at radius 1 is 1.08 bits per heavy atom. The predicted octanol–water partition coefficient (Wildman–Crippen LogP) is 6.22. The van der Waals surface area contributed by atoms with Crippen LogP contribution in [0, 0.1) is 11.8 Å². The molecule has 3 amide bonds. The van der Waals surface area contributed by atoms with Gasteiger partial charge in [0.15, 0.2) is 6.29 Å². The van der Waals surface area contributed by atoms with Crippen LogP contribution < -0.4 is 0 Å². The summed E-state index contributed by atoms with van der Waals surface area (Å²) in [6.45, 7) is 15.7. The number of hydrogen-bond acceptors (Lipinski definition) is 6. The molecular formula is C29H54Br2N2O6. The van der Waals surface area contributed by atoms with Crippen molar-refractivity contribution in [2.24, 2.45) is 11.8 Å². The van der Waals surface area contributed by atoms with Crippen LogP contribution in [-0.2, 0) is 28.6 Å². The topological polar surface area (TPSA) is 85.4 Å². The van der Waals surface area contributed by atoms with Crippen molar-refractivity contribution >= 4 is 50.1 Å². The van der Waals surface area contributed by atoms with Gasteiger partial charge < -0.3 is 19.1 Å². The number of imide groups is 1. The number of allylic oxidation sites excluding steroid dienone is 1. The molecule has 0 rings (SSSR count). The van der Waals surface area contributed by atoms with Crippen LogP contribution in [0.15, 0.2) is 24.8 Å². The lowest BCUT2D eigenvalue weighted by atomic mass is 9.79. The number of rotatable bonds is 20. The maximum absolute atomic E-state index is 12.7. The summed E-state index contributed by atoms with van der Waals surface area (Å²) < 4.78 is 16.9. The SMILES string of the molecule is C.C/C=C\C(=O)N(CC)CCCBr.C=CC(COC(CCC)OC)(OC)C(C)C(C)C(=O)N(C=O)CCCBr. The van der Waals surface area contributed by atoms with Crippen molar-refractivity contribution in [2.45, 2.75) is 79.6 Å². The van der Waals surface area contributed by atoms with Gasteiger partial charge in [-0.3, -0.25) is 19.3 Å². The maximum Gasteiger partial charge on any atom is 0.246 e. The molecule has 39 heavy (non-hydrogen) atoms. The van der Waals surface area contributed by atoms with E-state index < -0.39 is 11.5 Å². The van der Waals surface area contributed by atoms with E-state index in [2.05, 4.69) is 45.4 Å². The molecule has 0 fully saturated rings. The lowest BCUT2D eigenvalue weighted by Crippen LogP contribution is -2.49. The molecule has 0 aliphatic rings. The fraction of sp³-hybridized carbons (Fsp3) is 0.759. The van der Waals surface area contributed by atoms with Gasteiger partial charge in [-0.2, -0.15) is 0 Å². The number of carbonyl (C=O) groups excluding carboxylic acids is 3. The Bertz CT molecular complexity index is 695. The van der Waals surface area contributed by atoms with Crippen molar-refractivity contribution in [3.05, 3.63) is 24.8 Å². The van der Waals surface area contributed by atoms with Crippen LogP contribution in [0.2, 0.25) is 0 Å². The minimum absolute atomic E-state index is 0. The van der Waals surface area contributed by atoms with Crippen LogP contribution in [0.25, 0.3) is 0 Å². The number of ether oxygens (including phenoxy) is 3. The molecule has 0 saturated heterocycles. The Morgan fingerprint density at radius 2 is 1.67 bits per heavy atom. The number of halogens is 2. The zero-order valence-corrected chi connectivity index (χ0v) is 27.6.